The Morgan fingerprint density at radius 1 is 1.29 bits per heavy atom. The van der Waals surface area contributed by atoms with E-state index in [2.05, 4.69) is 5.32 Å². The summed E-state index contributed by atoms with van der Waals surface area (Å²) in [6.07, 6.45) is 8.34. The molecule has 1 aromatic rings. The van der Waals surface area contributed by atoms with Gasteiger partial charge in [-0.3, -0.25) is 4.79 Å². The maximum atomic E-state index is 12.0. The number of benzene rings is 1. The van der Waals surface area contributed by atoms with E-state index in [0.717, 1.165) is 0 Å². The smallest absolute Gasteiger partial charge is 0.261 e. The third kappa shape index (κ3) is 1.36. The Morgan fingerprint density at radius 3 is 2.88 bits per heavy atom. The molecule has 1 aromatic carbocycles. The van der Waals surface area contributed by atoms with Crippen LogP contribution in [0.15, 0.2) is 48.6 Å². The highest BCUT2D eigenvalue weighted by atomic mass is 16.3. The molecule has 1 amide bonds. The zero-order valence-electron chi connectivity index (χ0n) is 9.26. The van der Waals surface area contributed by atoms with Crippen LogP contribution in [0.3, 0.4) is 0 Å². The SMILES string of the molecule is O=C1Nc2ccccc2C1(O)C1C=CC=CC1. The molecule has 1 heterocycles. The number of aliphatic hydroxyl groups is 1. The standard InChI is InChI=1S/C14H13NO2/c16-13-14(17,10-6-2-1-3-7-10)11-8-4-5-9-12(11)15-13/h1-6,8-10,17H,7H2,(H,15,16). The second-order valence-corrected chi connectivity index (χ2v) is 4.42. The molecule has 1 aliphatic heterocycles. The second-order valence-electron chi connectivity index (χ2n) is 4.42. The minimum Gasteiger partial charge on any atom is -0.375 e. The zero-order valence-corrected chi connectivity index (χ0v) is 9.26. The molecule has 0 fully saturated rings. The predicted octanol–water partition coefficient (Wildman–Crippen LogP) is 1.96. The second kappa shape index (κ2) is 3.57. The summed E-state index contributed by atoms with van der Waals surface area (Å²) in [5.41, 5.74) is -0.0457. The van der Waals surface area contributed by atoms with E-state index in [4.69, 9.17) is 0 Å². The molecule has 1 aliphatic carbocycles. The third-order valence-corrected chi connectivity index (χ3v) is 3.45. The molecule has 2 aliphatic rings. The fourth-order valence-electron chi connectivity index (χ4n) is 2.52. The minimum absolute atomic E-state index is 0.198. The maximum absolute atomic E-state index is 12.0. The van der Waals surface area contributed by atoms with E-state index < -0.39 is 5.60 Å². The zero-order chi connectivity index (χ0) is 11.9. The van der Waals surface area contributed by atoms with Crippen LogP contribution in [-0.2, 0) is 10.4 Å². The topological polar surface area (TPSA) is 49.3 Å². The summed E-state index contributed by atoms with van der Waals surface area (Å²) in [5, 5.41) is 13.5. The lowest BCUT2D eigenvalue weighted by Crippen LogP contribution is -2.41. The average molecular weight is 227 g/mol. The van der Waals surface area contributed by atoms with Gasteiger partial charge in [-0.1, -0.05) is 42.5 Å². The maximum Gasteiger partial charge on any atom is 0.261 e. The van der Waals surface area contributed by atoms with E-state index in [1.807, 2.05) is 42.5 Å². The monoisotopic (exact) mass is 227 g/mol. The minimum atomic E-state index is -1.43. The van der Waals surface area contributed by atoms with Gasteiger partial charge in [-0.05, 0) is 12.5 Å². The molecule has 0 saturated carbocycles. The summed E-state index contributed by atoms with van der Waals surface area (Å²) >= 11 is 0. The van der Waals surface area contributed by atoms with Crippen molar-refractivity contribution in [3.8, 4) is 0 Å². The number of hydrogen-bond acceptors (Lipinski definition) is 2. The first-order valence-corrected chi connectivity index (χ1v) is 5.69. The number of anilines is 1. The summed E-state index contributed by atoms with van der Waals surface area (Å²) in [4.78, 5) is 12.0. The van der Waals surface area contributed by atoms with Crippen molar-refractivity contribution in [1.29, 1.82) is 0 Å². The Hall–Kier alpha value is -1.87. The van der Waals surface area contributed by atoms with Crippen LogP contribution in [0.2, 0.25) is 0 Å². The number of rotatable bonds is 1. The van der Waals surface area contributed by atoms with E-state index in [9.17, 15) is 9.90 Å². The Bertz CT molecular complexity index is 533. The highest BCUT2D eigenvalue weighted by Crippen LogP contribution is 2.43. The molecule has 2 unspecified atom stereocenters. The highest BCUT2D eigenvalue weighted by Gasteiger charge is 2.49. The van der Waals surface area contributed by atoms with E-state index in [0.29, 0.717) is 17.7 Å². The Kier molecular flexibility index (Phi) is 2.16. The van der Waals surface area contributed by atoms with Gasteiger partial charge in [-0.25, -0.2) is 0 Å². The van der Waals surface area contributed by atoms with Crippen LogP contribution in [0.4, 0.5) is 5.69 Å². The van der Waals surface area contributed by atoms with E-state index >= 15 is 0 Å². The van der Waals surface area contributed by atoms with Gasteiger partial charge in [0.25, 0.3) is 5.91 Å². The van der Waals surface area contributed by atoms with Gasteiger partial charge in [0.05, 0.1) is 0 Å². The van der Waals surface area contributed by atoms with Crippen molar-refractivity contribution in [3.63, 3.8) is 0 Å². The third-order valence-electron chi connectivity index (χ3n) is 3.45. The van der Waals surface area contributed by atoms with E-state index in [1.54, 1.807) is 6.07 Å². The number of fused-ring (bicyclic) bond motifs is 1. The van der Waals surface area contributed by atoms with E-state index in [-0.39, 0.29) is 11.8 Å². The van der Waals surface area contributed by atoms with Crippen molar-refractivity contribution in [2.45, 2.75) is 12.0 Å². The number of nitrogens with one attached hydrogen (secondary N) is 1. The highest BCUT2D eigenvalue weighted by molar-refractivity contribution is 6.05. The number of allylic oxidation sites excluding steroid dienone is 3. The lowest BCUT2D eigenvalue weighted by atomic mass is 9.79. The average Bonchev–Trinajstić information content (AvgIpc) is 2.64. The number of carbonyl (C=O) groups excluding carboxylic acids is 1. The molecule has 2 N–H and O–H groups in total. The van der Waals surface area contributed by atoms with Crippen molar-refractivity contribution < 1.29 is 9.90 Å². The van der Waals surface area contributed by atoms with Crippen LogP contribution in [0.1, 0.15) is 12.0 Å². The van der Waals surface area contributed by atoms with Crippen molar-refractivity contribution in [1.82, 2.24) is 0 Å². The van der Waals surface area contributed by atoms with Crippen molar-refractivity contribution in [2.75, 3.05) is 5.32 Å². The van der Waals surface area contributed by atoms with Gasteiger partial charge in [0.2, 0.25) is 0 Å². The van der Waals surface area contributed by atoms with Crippen LogP contribution in [-0.4, -0.2) is 11.0 Å². The normalized spacial score (nSPS) is 30.2. The first-order chi connectivity index (χ1) is 8.23. The van der Waals surface area contributed by atoms with Gasteiger partial charge in [-0.15, -0.1) is 0 Å². The Balaban J connectivity index is 2.10. The molecular weight excluding hydrogens is 214 g/mol. The molecule has 0 radical (unpaired) electrons. The molecular formula is C14H13NO2. The van der Waals surface area contributed by atoms with Crippen LogP contribution in [0, 0.1) is 5.92 Å². The molecule has 0 saturated heterocycles. The molecule has 0 spiro atoms. The number of amides is 1. The van der Waals surface area contributed by atoms with Crippen LogP contribution in [0.5, 0.6) is 0 Å². The van der Waals surface area contributed by atoms with Gasteiger partial charge in [0.15, 0.2) is 5.60 Å². The molecule has 17 heavy (non-hydrogen) atoms. The molecule has 3 heteroatoms. The summed E-state index contributed by atoms with van der Waals surface area (Å²) in [6, 6.07) is 7.31. The Labute approximate surface area is 99.5 Å². The lowest BCUT2D eigenvalue weighted by molar-refractivity contribution is -0.137. The molecule has 0 aromatic heterocycles. The summed E-state index contributed by atoms with van der Waals surface area (Å²) in [6.45, 7) is 0. The van der Waals surface area contributed by atoms with Gasteiger partial charge in [0, 0.05) is 17.2 Å². The summed E-state index contributed by atoms with van der Waals surface area (Å²) in [5.74, 6) is -0.528. The van der Waals surface area contributed by atoms with Crippen LogP contribution in [0.25, 0.3) is 0 Å². The lowest BCUT2D eigenvalue weighted by Gasteiger charge is -2.29. The molecule has 0 bridgehead atoms. The van der Waals surface area contributed by atoms with E-state index in [1.165, 1.54) is 0 Å². The van der Waals surface area contributed by atoms with Gasteiger partial charge < -0.3 is 10.4 Å². The fourth-order valence-corrected chi connectivity index (χ4v) is 2.52. The van der Waals surface area contributed by atoms with Crippen molar-refractivity contribution in [3.05, 3.63) is 54.1 Å². The van der Waals surface area contributed by atoms with Gasteiger partial charge in [-0.2, -0.15) is 0 Å². The molecule has 86 valence electrons. The number of carbonyl (C=O) groups is 1. The quantitative estimate of drug-likeness (QED) is 0.770. The molecule has 2 atom stereocenters. The summed E-state index contributed by atoms with van der Waals surface area (Å²) in [7, 11) is 0. The van der Waals surface area contributed by atoms with Gasteiger partial charge >= 0.3 is 0 Å². The summed E-state index contributed by atoms with van der Waals surface area (Å²) < 4.78 is 0. The molecule has 3 rings (SSSR count). The van der Waals surface area contributed by atoms with Crippen molar-refractivity contribution in [2.24, 2.45) is 5.92 Å². The van der Waals surface area contributed by atoms with Crippen molar-refractivity contribution >= 4 is 11.6 Å². The number of para-hydroxylation sites is 1. The van der Waals surface area contributed by atoms with Crippen LogP contribution < -0.4 is 5.32 Å². The first kappa shape index (κ1) is 10.3. The van der Waals surface area contributed by atoms with Crippen LogP contribution >= 0.6 is 0 Å². The largest absolute Gasteiger partial charge is 0.375 e. The van der Waals surface area contributed by atoms with Gasteiger partial charge in [0.1, 0.15) is 0 Å². The predicted molar refractivity (Wildman–Crippen MR) is 65.4 cm³/mol. The molecule has 3 nitrogen and oxygen atoms in total. The Morgan fingerprint density at radius 2 is 2.12 bits per heavy atom. The number of hydrogen-bond donors (Lipinski definition) is 2. The first-order valence-electron chi connectivity index (χ1n) is 5.69. The fraction of sp³-hybridized carbons (Fsp3) is 0.214.